The minimum Gasteiger partial charge on any atom is -0.351 e. The van der Waals surface area contributed by atoms with Gasteiger partial charge in [0.2, 0.25) is 5.91 Å². The molecule has 2 heterocycles. The number of nitrogens with zero attached hydrogens (tertiary/aromatic N) is 1. The van der Waals surface area contributed by atoms with E-state index in [0.29, 0.717) is 13.0 Å². The number of amides is 1. The maximum absolute atomic E-state index is 11.6. The molecule has 7 heteroatoms. The molecule has 0 saturated carbocycles. The van der Waals surface area contributed by atoms with E-state index >= 15 is 0 Å². The van der Waals surface area contributed by atoms with Gasteiger partial charge >= 0.3 is 0 Å². The fraction of sp³-hybridized carbons (Fsp3) is 0.500. The van der Waals surface area contributed by atoms with Crippen LogP contribution >= 0.6 is 0 Å². The summed E-state index contributed by atoms with van der Waals surface area (Å²) in [5, 5.41) is 5.72. The second-order valence-electron chi connectivity index (χ2n) is 4.62. The van der Waals surface area contributed by atoms with Crippen LogP contribution in [0.5, 0.6) is 0 Å². The number of pyridine rings is 1. The van der Waals surface area contributed by atoms with Crippen LogP contribution in [0.1, 0.15) is 12.0 Å². The first-order valence-electron chi connectivity index (χ1n) is 6.14. The molecule has 1 atom stereocenters. The standard InChI is InChI=1S/C12H17N3O3S/c16-12(15-7-10-2-1-4-13-6-10)8-14-11-3-5-19(17,18)9-11/h1-2,4,6,11,14H,3,5,7-9H2,(H,15,16). The molecule has 1 aliphatic heterocycles. The molecule has 0 bridgehead atoms. The maximum atomic E-state index is 11.6. The number of carbonyl (C=O) groups excluding carboxylic acids is 1. The number of carbonyl (C=O) groups is 1. The molecular formula is C12H17N3O3S. The summed E-state index contributed by atoms with van der Waals surface area (Å²) in [4.78, 5) is 15.5. The zero-order chi connectivity index (χ0) is 13.7. The lowest BCUT2D eigenvalue weighted by atomic mass is 10.2. The number of hydrogen-bond acceptors (Lipinski definition) is 5. The van der Waals surface area contributed by atoms with E-state index in [9.17, 15) is 13.2 Å². The molecule has 1 fully saturated rings. The second kappa shape index (κ2) is 6.12. The van der Waals surface area contributed by atoms with Gasteiger partial charge < -0.3 is 10.6 Å². The van der Waals surface area contributed by atoms with Crippen LogP contribution in [-0.2, 0) is 21.2 Å². The minimum atomic E-state index is -2.90. The minimum absolute atomic E-state index is 0.103. The van der Waals surface area contributed by atoms with Gasteiger partial charge in [0.15, 0.2) is 9.84 Å². The third-order valence-corrected chi connectivity index (χ3v) is 4.76. The molecule has 0 spiro atoms. The molecule has 1 aromatic rings. The highest BCUT2D eigenvalue weighted by atomic mass is 32.2. The van der Waals surface area contributed by atoms with Crippen molar-refractivity contribution >= 4 is 15.7 Å². The summed E-state index contributed by atoms with van der Waals surface area (Å²) in [5.41, 5.74) is 0.930. The van der Waals surface area contributed by atoms with E-state index in [4.69, 9.17) is 0 Å². The van der Waals surface area contributed by atoms with Gasteiger partial charge in [0, 0.05) is 25.0 Å². The van der Waals surface area contributed by atoms with Crippen LogP contribution in [0, 0.1) is 0 Å². The van der Waals surface area contributed by atoms with Crippen molar-refractivity contribution in [1.82, 2.24) is 15.6 Å². The predicted molar refractivity (Wildman–Crippen MR) is 71.1 cm³/mol. The third kappa shape index (κ3) is 4.60. The van der Waals surface area contributed by atoms with Gasteiger partial charge in [-0.05, 0) is 18.1 Å². The van der Waals surface area contributed by atoms with E-state index in [1.165, 1.54) is 0 Å². The highest BCUT2D eigenvalue weighted by Gasteiger charge is 2.27. The Morgan fingerprint density at radius 3 is 2.95 bits per heavy atom. The first-order chi connectivity index (χ1) is 9.05. The van der Waals surface area contributed by atoms with Crippen LogP contribution in [0.25, 0.3) is 0 Å². The molecule has 6 nitrogen and oxygen atoms in total. The maximum Gasteiger partial charge on any atom is 0.234 e. The molecule has 0 aromatic carbocycles. The van der Waals surface area contributed by atoms with Gasteiger partial charge in [-0.3, -0.25) is 9.78 Å². The predicted octanol–water partition coefficient (Wildman–Crippen LogP) is -0.525. The number of rotatable bonds is 5. The van der Waals surface area contributed by atoms with Crippen LogP contribution in [0.3, 0.4) is 0 Å². The smallest absolute Gasteiger partial charge is 0.234 e. The van der Waals surface area contributed by atoms with E-state index in [0.717, 1.165) is 5.56 Å². The van der Waals surface area contributed by atoms with Gasteiger partial charge in [0.1, 0.15) is 0 Å². The van der Waals surface area contributed by atoms with Crippen molar-refractivity contribution in [2.45, 2.75) is 19.0 Å². The van der Waals surface area contributed by atoms with Crippen molar-refractivity contribution in [2.75, 3.05) is 18.1 Å². The summed E-state index contributed by atoms with van der Waals surface area (Å²) >= 11 is 0. The summed E-state index contributed by atoms with van der Waals surface area (Å²) in [6.45, 7) is 0.567. The van der Waals surface area contributed by atoms with E-state index in [1.807, 2.05) is 12.1 Å². The fourth-order valence-corrected chi connectivity index (χ4v) is 3.67. The van der Waals surface area contributed by atoms with Gasteiger partial charge in [0.05, 0.1) is 18.1 Å². The number of aromatic nitrogens is 1. The third-order valence-electron chi connectivity index (χ3n) is 3.00. The Balaban J connectivity index is 1.68. The lowest BCUT2D eigenvalue weighted by Gasteiger charge is -2.10. The number of hydrogen-bond donors (Lipinski definition) is 2. The van der Waals surface area contributed by atoms with Gasteiger partial charge in [-0.2, -0.15) is 0 Å². The van der Waals surface area contributed by atoms with E-state index in [-0.39, 0.29) is 30.0 Å². The normalized spacial score (nSPS) is 21.2. The summed E-state index contributed by atoms with van der Waals surface area (Å²) in [5.74, 6) is 0.193. The second-order valence-corrected chi connectivity index (χ2v) is 6.85. The summed E-state index contributed by atoms with van der Waals surface area (Å²) in [6, 6.07) is 3.59. The molecule has 104 valence electrons. The van der Waals surface area contributed by atoms with Crippen LogP contribution in [0.15, 0.2) is 24.5 Å². The average molecular weight is 283 g/mol. The Morgan fingerprint density at radius 2 is 2.32 bits per heavy atom. The van der Waals surface area contributed by atoms with E-state index in [2.05, 4.69) is 15.6 Å². The SMILES string of the molecule is O=C(CNC1CCS(=O)(=O)C1)NCc1cccnc1. The number of sulfone groups is 1. The monoisotopic (exact) mass is 283 g/mol. The molecule has 2 N–H and O–H groups in total. The van der Waals surface area contributed by atoms with Gasteiger partial charge in [0.25, 0.3) is 0 Å². The Bertz CT molecular complexity index is 530. The van der Waals surface area contributed by atoms with Crippen LogP contribution in [0.2, 0.25) is 0 Å². The topological polar surface area (TPSA) is 88.2 Å². The molecule has 1 aliphatic rings. The quantitative estimate of drug-likeness (QED) is 0.759. The van der Waals surface area contributed by atoms with E-state index < -0.39 is 9.84 Å². The van der Waals surface area contributed by atoms with Crippen molar-refractivity contribution < 1.29 is 13.2 Å². The molecule has 19 heavy (non-hydrogen) atoms. The summed E-state index contributed by atoms with van der Waals surface area (Å²) in [6.07, 6.45) is 3.95. The van der Waals surface area contributed by atoms with Crippen molar-refractivity contribution in [2.24, 2.45) is 0 Å². The Kier molecular flexibility index (Phi) is 4.49. The van der Waals surface area contributed by atoms with Crippen LogP contribution < -0.4 is 10.6 Å². The van der Waals surface area contributed by atoms with E-state index in [1.54, 1.807) is 12.4 Å². The highest BCUT2D eigenvalue weighted by molar-refractivity contribution is 7.91. The lowest BCUT2D eigenvalue weighted by Crippen LogP contribution is -2.39. The van der Waals surface area contributed by atoms with Crippen molar-refractivity contribution in [3.8, 4) is 0 Å². The zero-order valence-corrected chi connectivity index (χ0v) is 11.3. The Labute approximate surface area is 112 Å². The lowest BCUT2D eigenvalue weighted by molar-refractivity contribution is -0.120. The largest absolute Gasteiger partial charge is 0.351 e. The van der Waals surface area contributed by atoms with Crippen molar-refractivity contribution in [1.29, 1.82) is 0 Å². The zero-order valence-electron chi connectivity index (χ0n) is 10.5. The molecule has 1 amide bonds. The summed E-state index contributed by atoms with van der Waals surface area (Å²) < 4.78 is 22.5. The van der Waals surface area contributed by atoms with Crippen molar-refractivity contribution in [3.05, 3.63) is 30.1 Å². The van der Waals surface area contributed by atoms with Crippen LogP contribution in [-0.4, -0.2) is 43.4 Å². The molecule has 1 saturated heterocycles. The van der Waals surface area contributed by atoms with Crippen LogP contribution in [0.4, 0.5) is 0 Å². The molecule has 1 unspecified atom stereocenters. The summed E-state index contributed by atoms with van der Waals surface area (Å²) in [7, 11) is -2.90. The van der Waals surface area contributed by atoms with Gasteiger partial charge in [-0.25, -0.2) is 8.42 Å². The first-order valence-corrected chi connectivity index (χ1v) is 7.97. The average Bonchev–Trinajstić information content (AvgIpc) is 2.75. The molecule has 2 rings (SSSR count). The van der Waals surface area contributed by atoms with Crippen molar-refractivity contribution in [3.63, 3.8) is 0 Å². The van der Waals surface area contributed by atoms with Gasteiger partial charge in [-0.1, -0.05) is 6.07 Å². The molecule has 0 radical (unpaired) electrons. The Hall–Kier alpha value is -1.47. The molecular weight excluding hydrogens is 266 g/mol. The Morgan fingerprint density at radius 1 is 1.47 bits per heavy atom. The highest BCUT2D eigenvalue weighted by Crippen LogP contribution is 2.10. The molecule has 0 aliphatic carbocycles. The fourth-order valence-electron chi connectivity index (χ4n) is 1.96. The van der Waals surface area contributed by atoms with Gasteiger partial charge in [-0.15, -0.1) is 0 Å². The first kappa shape index (κ1) is 14.0. The number of nitrogens with one attached hydrogen (secondary N) is 2. The molecule has 1 aromatic heterocycles.